The molecule has 0 radical (unpaired) electrons. The van der Waals surface area contributed by atoms with E-state index in [9.17, 15) is 22.8 Å². The highest BCUT2D eigenvalue weighted by atomic mass is 32.2. The molecule has 1 atom stereocenters. The third-order valence-corrected chi connectivity index (χ3v) is 11.6. The number of rotatable bonds is 17. The van der Waals surface area contributed by atoms with Gasteiger partial charge < -0.3 is 15.0 Å². The fourth-order valence-corrected chi connectivity index (χ4v) is 9.07. The van der Waals surface area contributed by atoms with Gasteiger partial charge in [-0.25, -0.2) is 8.42 Å². The van der Waals surface area contributed by atoms with Gasteiger partial charge in [-0.2, -0.15) is 0 Å². The Labute approximate surface area is 289 Å². The van der Waals surface area contributed by atoms with Crippen molar-refractivity contribution >= 4 is 50.4 Å². The second-order valence-electron chi connectivity index (χ2n) is 12.8. The van der Waals surface area contributed by atoms with Crippen LogP contribution in [-0.2, 0) is 24.2 Å². The number of anilines is 2. The molecular weight excluding hydrogens is 645 g/mol. The van der Waals surface area contributed by atoms with Crippen LogP contribution >= 0.6 is 11.8 Å². The van der Waals surface area contributed by atoms with Gasteiger partial charge in [0.1, 0.15) is 18.1 Å². The molecule has 0 fully saturated rings. The number of unbranched alkanes of at least 4 members (excludes halogenated alkanes) is 2. The molecule has 0 unspecified atom stereocenters. The number of carbonyl (C=O) groups excluding carboxylic acids is 3. The molecule has 10 heteroatoms. The molecule has 0 saturated heterocycles. The zero-order valence-electron chi connectivity index (χ0n) is 28.5. The van der Waals surface area contributed by atoms with E-state index in [0.717, 1.165) is 44.2 Å². The van der Waals surface area contributed by atoms with Gasteiger partial charge in [0.05, 0.1) is 33.7 Å². The Kier molecular flexibility index (Phi) is 13.3. The van der Waals surface area contributed by atoms with Gasteiger partial charge in [-0.05, 0) is 49.8 Å². The van der Waals surface area contributed by atoms with Gasteiger partial charge in [0.15, 0.2) is 15.6 Å². The highest BCUT2D eigenvalue weighted by Crippen LogP contribution is 2.47. The van der Waals surface area contributed by atoms with Crippen molar-refractivity contribution in [3.05, 3.63) is 78.4 Å². The van der Waals surface area contributed by atoms with E-state index in [2.05, 4.69) is 24.1 Å². The van der Waals surface area contributed by atoms with E-state index < -0.39 is 27.1 Å². The Morgan fingerprint density at radius 1 is 0.958 bits per heavy atom. The predicted octanol–water partition coefficient (Wildman–Crippen LogP) is 7.53. The van der Waals surface area contributed by atoms with Crippen LogP contribution in [0.5, 0.6) is 5.75 Å². The molecule has 0 bridgehead atoms. The van der Waals surface area contributed by atoms with Crippen molar-refractivity contribution in [2.75, 3.05) is 36.6 Å². The van der Waals surface area contributed by atoms with Gasteiger partial charge in [0, 0.05) is 30.1 Å². The monoisotopic (exact) mass is 692 g/mol. The maximum absolute atomic E-state index is 14.4. The van der Waals surface area contributed by atoms with Crippen molar-refractivity contribution in [1.82, 2.24) is 5.32 Å². The molecule has 1 N–H and O–H groups in total. The van der Waals surface area contributed by atoms with Crippen molar-refractivity contribution in [2.24, 2.45) is 5.41 Å². The van der Waals surface area contributed by atoms with Crippen LogP contribution in [0, 0.1) is 5.41 Å². The molecule has 8 nitrogen and oxygen atoms in total. The highest BCUT2D eigenvalue weighted by Gasteiger charge is 2.42. The lowest BCUT2D eigenvalue weighted by molar-refractivity contribution is -0.128. The number of para-hydroxylation sites is 1. The predicted molar refractivity (Wildman–Crippen MR) is 193 cm³/mol. The van der Waals surface area contributed by atoms with E-state index in [-0.39, 0.29) is 41.8 Å². The van der Waals surface area contributed by atoms with Gasteiger partial charge in [-0.15, -0.1) is 11.8 Å². The number of carbonyl (C=O) groups is 3. The third-order valence-electron chi connectivity index (χ3n) is 8.90. The number of ether oxygens (including phenoxy) is 1. The summed E-state index contributed by atoms with van der Waals surface area (Å²) in [6, 6.07) is 22.3. The molecule has 258 valence electrons. The molecule has 48 heavy (non-hydrogen) atoms. The van der Waals surface area contributed by atoms with Gasteiger partial charge >= 0.3 is 0 Å². The van der Waals surface area contributed by atoms with E-state index >= 15 is 0 Å². The summed E-state index contributed by atoms with van der Waals surface area (Å²) in [6.07, 6.45) is 7.25. The maximum Gasteiger partial charge on any atom is 0.228 e. The molecule has 1 amide bonds. The number of sulfone groups is 1. The number of amides is 1. The van der Waals surface area contributed by atoms with Crippen LogP contribution in [0.15, 0.2) is 82.6 Å². The molecule has 1 heterocycles. The van der Waals surface area contributed by atoms with Crippen LogP contribution in [-0.4, -0.2) is 57.6 Å². The molecule has 0 saturated carbocycles. The number of ketones is 2. The SMILES string of the molecule is CCCCC1(CCCC)CN(c2ccccc2)c2cc(SC)c(OCC(=O)C[C@@H](C(=O)NCC(C)=O)c3ccccc3)cc2S(=O)(=O)C1. The molecule has 0 spiro atoms. The lowest BCUT2D eigenvalue weighted by Gasteiger charge is -2.37. The first kappa shape index (κ1) is 37.2. The zero-order valence-corrected chi connectivity index (χ0v) is 30.1. The van der Waals surface area contributed by atoms with Crippen molar-refractivity contribution < 1.29 is 27.5 Å². The first-order valence-electron chi connectivity index (χ1n) is 16.8. The normalized spacial score (nSPS) is 15.5. The fourth-order valence-electron chi connectivity index (χ4n) is 6.41. The van der Waals surface area contributed by atoms with Crippen molar-refractivity contribution in [3.63, 3.8) is 0 Å². The first-order chi connectivity index (χ1) is 23.0. The maximum atomic E-state index is 14.4. The van der Waals surface area contributed by atoms with Crippen LogP contribution in [0.4, 0.5) is 11.4 Å². The number of fused-ring (bicyclic) bond motifs is 1. The Bertz CT molecular complexity index is 1650. The molecule has 0 aromatic heterocycles. The molecule has 3 aromatic carbocycles. The summed E-state index contributed by atoms with van der Waals surface area (Å²) < 4.78 is 34.8. The molecule has 4 rings (SSSR count). The van der Waals surface area contributed by atoms with Gasteiger partial charge in [0.25, 0.3) is 0 Å². The summed E-state index contributed by atoms with van der Waals surface area (Å²) in [7, 11) is -3.75. The Morgan fingerprint density at radius 3 is 2.17 bits per heavy atom. The van der Waals surface area contributed by atoms with Gasteiger partial charge in [-0.3, -0.25) is 14.4 Å². The fraction of sp³-hybridized carbons (Fsp3) is 0.447. The zero-order chi connectivity index (χ0) is 34.7. The second-order valence-corrected chi connectivity index (χ2v) is 15.6. The summed E-state index contributed by atoms with van der Waals surface area (Å²) in [5, 5.41) is 2.62. The lowest BCUT2D eigenvalue weighted by Crippen LogP contribution is -2.38. The number of Topliss-reactive ketones (excluding diaryl/α,β-unsaturated/α-hetero) is 2. The van der Waals surface area contributed by atoms with E-state index in [0.29, 0.717) is 28.4 Å². The van der Waals surface area contributed by atoms with Crippen molar-refractivity contribution in [2.45, 2.75) is 81.4 Å². The van der Waals surface area contributed by atoms with Crippen LogP contribution in [0.3, 0.4) is 0 Å². The number of hydrogen-bond acceptors (Lipinski definition) is 8. The average molecular weight is 693 g/mol. The highest BCUT2D eigenvalue weighted by molar-refractivity contribution is 7.98. The number of hydrogen-bond donors (Lipinski definition) is 1. The summed E-state index contributed by atoms with van der Waals surface area (Å²) in [4.78, 5) is 40.9. The van der Waals surface area contributed by atoms with Crippen LogP contribution in [0.2, 0.25) is 0 Å². The standard InChI is InChI=1S/C38H48N2O6S2/c1-5-7-19-38(20-8-6-2)26-40(30-17-13-10-14-18-30)33-22-35(47-4)34(23-36(33)48(44,45)27-38)46-25-31(42)21-32(29-15-11-9-12-16-29)37(43)39-24-28(3)41/h9-18,22-23,32H,5-8,19-21,24-27H2,1-4H3,(H,39,43)/t32-/m1/s1. The van der Waals surface area contributed by atoms with E-state index in [4.69, 9.17) is 4.74 Å². The topological polar surface area (TPSA) is 110 Å². The Balaban J connectivity index is 1.68. The Morgan fingerprint density at radius 2 is 1.58 bits per heavy atom. The van der Waals surface area contributed by atoms with E-state index in [1.165, 1.54) is 18.7 Å². The minimum atomic E-state index is -3.75. The molecule has 1 aliphatic heterocycles. The quantitative estimate of drug-likeness (QED) is 0.145. The Hall–Kier alpha value is -3.63. The second kappa shape index (κ2) is 17.2. The van der Waals surface area contributed by atoms with Gasteiger partial charge in [0.2, 0.25) is 5.91 Å². The summed E-state index contributed by atoms with van der Waals surface area (Å²) in [5.74, 6) is -1.36. The average Bonchev–Trinajstić information content (AvgIpc) is 3.18. The summed E-state index contributed by atoms with van der Waals surface area (Å²) in [5.41, 5.74) is 1.78. The lowest BCUT2D eigenvalue weighted by atomic mass is 9.79. The van der Waals surface area contributed by atoms with E-state index in [1.807, 2.05) is 48.7 Å². The number of thioether (sulfide) groups is 1. The van der Waals surface area contributed by atoms with E-state index in [1.54, 1.807) is 30.3 Å². The number of benzene rings is 3. The molecule has 1 aliphatic rings. The van der Waals surface area contributed by atoms with Crippen molar-refractivity contribution in [3.8, 4) is 5.75 Å². The molecular formula is C38H48N2O6S2. The third kappa shape index (κ3) is 9.50. The smallest absolute Gasteiger partial charge is 0.228 e. The minimum Gasteiger partial charge on any atom is -0.485 e. The van der Waals surface area contributed by atoms with Gasteiger partial charge in [-0.1, -0.05) is 88.1 Å². The minimum absolute atomic E-state index is 0.0431. The summed E-state index contributed by atoms with van der Waals surface area (Å²) in [6.45, 7) is 5.79. The van der Waals surface area contributed by atoms with Crippen LogP contribution < -0.4 is 15.0 Å². The largest absolute Gasteiger partial charge is 0.485 e. The number of nitrogens with zero attached hydrogens (tertiary/aromatic N) is 1. The number of nitrogens with one attached hydrogen (secondary N) is 1. The molecule has 0 aliphatic carbocycles. The van der Waals surface area contributed by atoms with Crippen LogP contribution in [0.1, 0.15) is 77.2 Å². The van der Waals surface area contributed by atoms with Crippen LogP contribution in [0.25, 0.3) is 0 Å². The summed E-state index contributed by atoms with van der Waals surface area (Å²) >= 11 is 1.42. The molecule has 3 aromatic rings. The van der Waals surface area contributed by atoms with Crippen molar-refractivity contribution in [1.29, 1.82) is 0 Å². The first-order valence-corrected chi connectivity index (χ1v) is 19.6.